The highest BCUT2D eigenvalue weighted by atomic mass is 35.5. The van der Waals surface area contributed by atoms with Crippen molar-refractivity contribution < 1.29 is 19.7 Å². The number of carboxylic acids is 1. The van der Waals surface area contributed by atoms with Crippen molar-refractivity contribution >= 4 is 17.6 Å². The van der Waals surface area contributed by atoms with Crippen LogP contribution < -0.4 is 4.74 Å². The predicted molar refractivity (Wildman–Crippen MR) is 71.7 cm³/mol. The van der Waals surface area contributed by atoms with Gasteiger partial charge < -0.3 is 14.9 Å². The number of halogens is 1. The molecule has 0 atom stereocenters. The zero-order valence-corrected chi connectivity index (χ0v) is 10.6. The second-order valence-corrected chi connectivity index (χ2v) is 4.29. The number of hydrogen-bond donors (Lipinski definition) is 2. The number of carboxylic acid groups (broad SMARTS) is 1. The van der Waals surface area contributed by atoms with Gasteiger partial charge in [0.1, 0.15) is 11.5 Å². The van der Waals surface area contributed by atoms with Gasteiger partial charge in [0.05, 0.1) is 5.02 Å². The lowest BCUT2D eigenvalue weighted by molar-refractivity contribution is -0.139. The first kappa shape index (κ1) is 13.2. The third-order valence-corrected chi connectivity index (χ3v) is 2.76. The van der Waals surface area contributed by atoms with E-state index in [1.165, 1.54) is 0 Å². The van der Waals surface area contributed by atoms with Crippen LogP contribution in [-0.2, 0) is 4.79 Å². The Morgan fingerprint density at radius 1 is 1.16 bits per heavy atom. The number of phenols is 1. The molecule has 0 heterocycles. The number of hydrogen-bond acceptors (Lipinski definition) is 3. The summed E-state index contributed by atoms with van der Waals surface area (Å²) in [5, 5.41) is 18.3. The number of carbonyl (C=O) groups is 1. The first-order chi connectivity index (χ1) is 9.06. The number of rotatable bonds is 4. The molecule has 2 rings (SSSR count). The summed E-state index contributed by atoms with van der Waals surface area (Å²) in [4.78, 5) is 10.4. The minimum Gasteiger partial charge on any atom is -0.508 e. The Morgan fingerprint density at radius 2 is 1.89 bits per heavy atom. The Labute approximate surface area is 114 Å². The molecule has 0 radical (unpaired) electrons. The molecule has 2 aromatic carbocycles. The van der Waals surface area contributed by atoms with E-state index in [9.17, 15) is 9.90 Å². The van der Waals surface area contributed by atoms with Crippen molar-refractivity contribution in [2.24, 2.45) is 0 Å². The largest absolute Gasteiger partial charge is 0.508 e. The summed E-state index contributed by atoms with van der Waals surface area (Å²) >= 11 is 6.02. The molecule has 19 heavy (non-hydrogen) atoms. The minimum atomic E-state index is -1.06. The molecule has 0 aliphatic heterocycles. The Morgan fingerprint density at radius 3 is 2.53 bits per heavy atom. The Bertz CT molecular complexity index is 610. The van der Waals surface area contributed by atoms with Crippen LogP contribution in [0.1, 0.15) is 0 Å². The van der Waals surface area contributed by atoms with Gasteiger partial charge in [-0.2, -0.15) is 0 Å². The van der Waals surface area contributed by atoms with E-state index in [0.717, 1.165) is 11.1 Å². The zero-order chi connectivity index (χ0) is 13.8. The van der Waals surface area contributed by atoms with Crippen molar-refractivity contribution in [2.75, 3.05) is 6.61 Å². The lowest BCUT2D eigenvalue weighted by Gasteiger charge is -2.08. The van der Waals surface area contributed by atoms with Crippen LogP contribution in [0, 0.1) is 0 Å². The Balaban J connectivity index is 2.26. The van der Waals surface area contributed by atoms with Crippen LogP contribution in [0.15, 0.2) is 42.5 Å². The van der Waals surface area contributed by atoms with E-state index in [4.69, 9.17) is 21.4 Å². The highest BCUT2D eigenvalue weighted by molar-refractivity contribution is 6.32. The standard InChI is InChI=1S/C14H11ClO4/c15-12-7-10(9-2-1-3-11(16)6-9)4-5-13(12)19-8-14(17)18/h1-7,16H,8H2,(H,17,18). The number of phenolic OH excluding ortho intramolecular Hbond substituents is 1. The molecule has 0 aliphatic carbocycles. The fourth-order valence-corrected chi connectivity index (χ4v) is 1.86. The predicted octanol–water partition coefficient (Wildman–Crippen LogP) is 3.18. The van der Waals surface area contributed by atoms with E-state index in [-0.39, 0.29) is 5.75 Å². The number of benzene rings is 2. The highest BCUT2D eigenvalue weighted by Gasteiger charge is 2.07. The Hall–Kier alpha value is -2.20. The molecular formula is C14H11ClO4. The molecule has 0 fully saturated rings. The van der Waals surface area contributed by atoms with Gasteiger partial charge >= 0.3 is 5.97 Å². The number of ether oxygens (including phenoxy) is 1. The molecule has 0 saturated heterocycles. The van der Waals surface area contributed by atoms with Gasteiger partial charge in [-0.05, 0) is 35.4 Å². The van der Waals surface area contributed by atoms with E-state index in [1.807, 2.05) is 6.07 Å². The monoisotopic (exact) mass is 278 g/mol. The van der Waals surface area contributed by atoms with Crippen LogP contribution in [-0.4, -0.2) is 22.8 Å². The summed E-state index contributed by atoms with van der Waals surface area (Å²) in [6.07, 6.45) is 0. The molecule has 0 spiro atoms. The lowest BCUT2D eigenvalue weighted by atomic mass is 10.1. The molecule has 2 aromatic rings. The summed E-state index contributed by atoms with van der Waals surface area (Å²) in [6, 6.07) is 11.8. The molecule has 0 bridgehead atoms. The zero-order valence-electron chi connectivity index (χ0n) is 9.84. The van der Waals surface area contributed by atoms with Gasteiger partial charge in [-0.15, -0.1) is 0 Å². The van der Waals surface area contributed by atoms with Crippen molar-refractivity contribution in [1.82, 2.24) is 0 Å². The van der Waals surface area contributed by atoms with Gasteiger partial charge in [0, 0.05) is 0 Å². The second-order valence-electron chi connectivity index (χ2n) is 3.88. The molecule has 2 N–H and O–H groups in total. The van der Waals surface area contributed by atoms with E-state index in [1.54, 1.807) is 36.4 Å². The molecule has 0 saturated carbocycles. The highest BCUT2D eigenvalue weighted by Crippen LogP contribution is 2.31. The molecule has 0 aliphatic rings. The van der Waals surface area contributed by atoms with Crippen molar-refractivity contribution in [3.63, 3.8) is 0 Å². The van der Waals surface area contributed by atoms with Gasteiger partial charge in [0.25, 0.3) is 0 Å². The van der Waals surface area contributed by atoms with E-state index in [2.05, 4.69) is 0 Å². The molecular weight excluding hydrogens is 268 g/mol. The summed E-state index contributed by atoms with van der Waals surface area (Å²) < 4.78 is 5.03. The third-order valence-electron chi connectivity index (χ3n) is 2.46. The maximum atomic E-state index is 10.4. The first-order valence-corrected chi connectivity index (χ1v) is 5.87. The third kappa shape index (κ3) is 3.39. The maximum Gasteiger partial charge on any atom is 0.341 e. The van der Waals surface area contributed by atoms with Crippen LogP contribution in [0.2, 0.25) is 5.02 Å². The summed E-state index contributed by atoms with van der Waals surface area (Å²) in [7, 11) is 0. The molecule has 0 amide bonds. The quantitative estimate of drug-likeness (QED) is 0.901. The van der Waals surface area contributed by atoms with Crippen LogP contribution in [0.3, 0.4) is 0 Å². The first-order valence-electron chi connectivity index (χ1n) is 5.50. The average molecular weight is 279 g/mol. The van der Waals surface area contributed by atoms with Crippen LogP contribution in [0.25, 0.3) is 11.1 Å². The average Bonchev–Trinajstić information content (AvgIpc) is 2.37. The van der Waals surface area contributed by atoms with Gasteiger partial charge in [0.15, 0.2) is 6.61 Å². The van der Waals surface area contributed by atoms with E-state index >= 15 is 0 Å². The normalized spacial score (nSPS) is 10.2. The summed E-state index contributed by atoms with van der Waals surface area (Å²) in [5.74, 6) is -0.582. The fraction of sp³-hybridized carbons (Fsp3) is 0.0714. The molecule has 0 aromatic heterocycles. The fourth-order valence-electron chi connectivity index (χ4n) is 1.62. The number of aromatic hydroxyl groups is 1. The van der Waals surface area contributed by atoms with Crippen molar-refractivity contribution in [3.05, 3.63) is 47.5 Å². The second kappa shape index (κ2) is 5.63. The van der Waals surface area contributed by atoms with E-state index < -0.39 is 12.6 Å². The van der Waals surface area contributed by atoms with Crippen molar-refractivity contribution in [3.8, 4) is 22.6 Å². The minimum absolute atomic E-state index is 0.167. The summed E-state index contributed by atoms with van der Waals surface area (Å²) in [5.41, 5.74) is 1.62. The SMILES string of the molecule is O=C(O)COc1ccc(-c2cccc(O)c2)cc1Cl. The number of aliphatic carboxylic acids is 1. The summed E-state index contributed by atoms with van der Waals surface area (Å²) in [6.45, 7) is -0.439. The molecule has 98 valence electrons. The van der Waals surface area contributed by atoms with Crippen LogP contribution >= 0.6 is 11.6 Å². The van der Waals surface area contributed by atoms with Crippen LogP contribution in [0.5, 0.6) is 11.5 Å². The molecule has 5 heteroatoms. The van der Waals surface area contributed by atoms with E-state index in [0.29, 0.717) is 10.8 Å². The van der Waals surface area contributed by atoms with Gasteiger partial charge in [-0.25, -0.2) is 4.79 Å². The van der Waals surface area contributed by atoms with Gasteiger partial charge in [-0.1, -0.05) is 29.8 Å². The molecule has 0 unspecified atom stereocenters. The smallest absolute Gasteiger partial charge is 0.341 e. The lowest BCUT2D eigenvalue weighted by Crippen LogP contribution is -2.09. The van der Waals surface area contributed by atoms with Crippen molar-refractivity contribution in [2.45, 2.75) is 0 Å². The molecule has 4 nitrogen and oxygen atoms in total. The van der Waals surface area contributed by atoms with Gasteiger partial charge in [-0.3, -0.25) is 0 Å². The topological polar surface area (TPSA) is 66.8 Å². The Kier molecular flexibility index (Phi) is 3.92. The maximum absolute atomic E-state index is 10.4. The van der Waals surface area contributed by atoms with Gasteiger partial charge in [0.2, 0.25) is 0 Å². The van der Waals surface area contributed by atoms with Crippen LogP contribution in [0.4, 0.5) is 0 Å². The van der Waals surface area contributed by atoms with Crippen molar-refractivity contribution in [1.29, 1.82) is 0 Å².